The summed E-state index contributed by atoms with van der Waals surface area (Å²) >= 11 is 0. The highest BCUT2D eigenvalue weighted by atomic mass is 16.2. The summed E-state index contributed by atoms with van der Waals surface area (Å²) in [6, 6.07) is 0. The van der Waals surface area contributed by atoms with E-state index in [1.54, 1.807) is 31.4 Å². The van der Waals surface area contributed by atoms with E-state index in [9.17, 15) is 9.59 Å². The Morgan fingerprint density at radius 1 is 0.875 bits per heavy atom. The maximum Gasteiger partial charge on any atom is 0.330 e. The van der Waals surface area contributed by atoms with Crippen LogP contribution in [0.5, 0.6) is 0 Å². The minimum Gasteiger partial charge on any atom is -0.296 e. The summed E-state index contributed by atoms with van der Waals surface area (Å²) in [5.41, 5.74) is 0.583. The first kappa shape index (κ1) is 10.4. The third-order valence-corrected chi connectivity index (χ3v) is 2.60. The zero-order valence-corrected chi connectivity index (χ0v) is 9.18. The van der Waals surface area contributed by atoms with Crippen LogP contribution in [0.3, 0.4) is 0 Å². The topological polar surface area (TPSA) is 44.0 Å². The molecule has 0 saturated carbocycles. The molecule has 0 spiro atoms. The van der Waals surface area contributed by atoms with E-state index in [-0.39, 0.29) is 11.2 Å². The van der Waals surface area contributed by atoms with Crippen molar-refractivity contribution in [2.24, 2.45) is 14.1 Å². The molecule has 0 N–H and O–H groups in total. The number of rotatable bonds is 0. The lowest BCUT2D eigenvalue weighted by atomic mass is 10.1. The summed E-state index contributed by atoms with van der Waals surface area (Å²) in [5.74, 6) is 0. The summed E-state index contributed by atoms with van der Waals surface area (Å²) in [6.45, 7) is 0. The van der Waals surface area contributed by atoms with Gasteiger partial charge in [-0.25, -0.2) is 4.79 Å². The van der Waals surface area contributed by atoms with E-state index in [0.29, 0.717) is 11.3 Å². The molecule has 4 nitrogen and oxygen atoms in total. The highest BCUT2D eigenvalue weighted by Crippen LogP contribution is 2.08. The second-order valence-electron chi connectivity index (χ2n) is 3.61. The Kier molecular flexibility index (Phi) is 2.48. The molecule has 0 fully saturated rings. The largest absolute Gasteiger partial charge is 0.330 e. The van der Waals surface area contributed by atoms with Crippen molar-refractivity contribution in [1.82, 2.24) is 9.13 Å². The van der Waals surface area contributed by atoms with Crippen molar-refractivity contribution in [3.8, 4) is 0 Å². The fourth-order valence-corrected chi connectivity index (χ4v) is 1.67. The first-order valence-electron chi connectivity index (χ1n) is 4.94. The Morgan fingerprint density at radius 3 is 2.19 bits per heavy atom. The molecule has 1 aliphatic rings. The van der Waals surface area contributed by atoms with Crippen molar-refractivity contribution >= 4 is 12.2 Å². The molecule has 4 heteroatoms. The summed E-state index contributed by atoms with van der Waals surface area (Å²) < 4.78 is 2.58. The SMILES string of the molecule is Cn1c2c(c(=O)n(C)c1=O)\C=C/C=C\C=C/2. The molecule has 0 aromatic carbocycles. The fourth-order valence-electron chi connectivity index (χ4n) is 1.67. The third-order valence-electron chi connectivity index (χ3n) is 2.60. The van der Waals surface area contributed by atoms with Gasteiger partial charge in [0.2, 0.25) is 0 Å². The van der Waals surface area contributed by atoms with Crippen LogP contribution in [0.1, 0.15) is 11.3 Å². The summed E-state index contributed by atoms with van der Waals surface area (Å²) in [6.07, 6.45) is 10.8. The predicted molar refractivity (Wildman–Crippen MR) is 64.1 cm³/mol. The zero-order chi connectivity index (χ0) is 11.7. The maximum atomic E-state index is 11.9. The first-order chi connectivity index (χ1) is 7.63. The molecule has 0 amide bonds. The average Bonchev–Trinajstić information content (AvgIpc) is 2.24. The molecule has 82 valence electrons. The number of hydrogen-bond donors (Lipinski definition) is 0. The van der Waals surface area contributed by atoms with Gasteiger partial charge >= 0.3 is 5.69 Å². The van der Waals surface area contributed by atoms with Crippen LogP contribution >= 0.6 is 0 Å². The second kappa shape index (κ2) is 3.81. The molecular weight excluding hydrogens is 204 g/mol. The average molecular weight is 216 g/mol. The minimum atomic E-state index is -0.314. The van der Waals surface area contributed by atoms with Gasteiger partial charge in [0.25, 0.3) is 5.56 Å². The van der Waals surface area contributed by atoms with Crippen LogP contribution in [0, 0.1) is 0 Å². The lowest BCUT2D eigenvalue weighted by molar-refractivity contribution is 0.678. The lowest BCUT2D eigenvalue weighted by Gasteiger charge is -2.10. The first-order valence-corrected chi connectivity index (χ1v) is 4.94. The lowest BCUT2D eigenvalue weighted by Crippen LogP contribution is -2.39. The number of aromatic nitrogens is 2. The van der Waals surface area contributed by atoms with Crippen LogP contribution in [-0.4, -0.2) is 9.13 Å². The highest BCUT2D eigenvalue weighted by Gasteiger charge is 2.10. The van der Waals surface area contributed by atoms with Gasteiger partial charge in [-0.05, 0) is 12.2 Å². The molecule has 0 bridgehead atoms. The quantitative estimate of drug-likeness (QED) is 0.640. The van der Waals surface area contributed by atoms with Gasteiger partial charge in [0.05, 0.1) is 11.3 Å². The van der Waals surface area contributed by atoms with Crippen LogP contribution in [0.2, 0.25) is 0 Å². The number of allylic oxidation sites excluding steroid dienone is 4. The van der Waals surface area contributed by atoms with Gasteiger partial charge in [-0.1, -0.05) is 24.3 Å². The standard InChI is InChI=1S/C12H12N2O2/c1-13-10-8-6-4-3-5-7-9(10)11(15)14(2)12(13)16/h3-8H,1-2H3/b4-3-,5-3?,6-4?,7-5-,8-6-,9-7?,10-8?. The Balaban J connectivity index is 2.93. The smallest absolute Gasteiger partial charge is 0.296 e. The summed E-state index contributed by atoms with van der Waals surface area (Å²) in [4.78, 5) is 23.6. The molecule has 1 aliphatic carbocycles. The van der Waals surface area contributed by atoms with Crippen molar-refractivity contribution in [3.63, 3.8) is 0 Å². The molecular formula is C12H12N2O2. The molecule has 1 heterocycles. The molecule has 0 unspecified atom stereocenters. The van der Waals surface area contributed by atoms with E-state index in [1.165, 1.54) is 11.6 Å². The fraction of sp³-hybridized carbons (Fsp3) is 0.167. The van der Waals surface area contributed by atoms with Crippen LogP contribution in [-0.2, 0) is 14.1 Å². The molecule has 0 aliphatic heterocycles. The van der Waals surface area contributed by atoms with Crippen LogP contribution in [0.25, 0.3) is 12.2 Å². The summed E-state index contributed by atoms with van der Waals surface area (Å²) in [7, 11) is 3.14. The maximum absolute atomic E-state index is 11.9. The van der Waals surface area contributed by atoms with Gasteiger partial charge in [0, 0.05) is 14.1 Å². The van der Waals surface area contributed by atoms with E-state index in [2.05, 4.69) is 0 Å². The predicted octanol–water partition coefficient (Wildman–Crippen LogP) is 0.680. The van der Waals surface area contributed by atoms with Crippen molar-refractivity contribution in [3.05, 3.63) is 56.4 Å². The number of nitrogens with zero attached hydrogens (tertiary/aromatic N) is 2. The Hall–Kier alpha value is -2.10. The van der Waals surface area contributed by atoms with Gasteiger partial charge in [-0.15, -0.1) is 0 Å². The van der Waals surface area contributed by atoms with Crippen molar-refractivity contribution in [2.75, 3.05) is 0 Å². The monoisotopic (exact) mass is 216 g/mol. The van der Waals surface area contributed by atoms with Gasteiger partial charge < -0.3 is 0 Å². The van der Waals surface area contributed by atoms with Crippen molar-refractivity contribution in [1.29, 1.82) is 0 Å². The number of fused-ring (bicyclic) bond motifs is 1. The minimum absolute atomic E-state index is 0.269. The zero-order valence-electron chi connectivity index (χ0n) is 9.18. The molecule has 0 radical (unpaired) electrons. The van der Waals surface area contributed by atoms with Crippen molar-refractivity contribution in [2.45, 2.75) is 0 Å². The molecule has 2 rings (SSSR count). The molecule has 0 saturated heterocycles. The van der Waals surface area contributed by atoms with Gasteiger partial charge in [0.1, 0.15) is 0 Å². The van der Waals surface area contributed by atoms with E-state index in [0.717, 1.165) is 4.57 Å². The number of hydrogen-bond acceptors (Lipinski definition) is 2. The second-order valence-corrected chi connectivity index (χ2v) is 3.61. The van der Waals surface area contributed by atoms with Crippen molar-refractivity contribution < 1.29 is 0 Å². The van der Waals surface area contributed by atoms with Crippen LogP contribution < -0.4 is 11.2 Å². The van der Waals surface area contributed by atoms with E-state index in [4.69, 9.17) is 0 Å². The molecule has 1 aromatic heterocycles. The van der Waals surface area contributed by atoms with E-state index >= 15 is 0 Å². The van der Waals surface area contributed by atoms with Crippen LogP contribution in [0.4, 0.5) is 0 Å². The Labute approximate surface area is 92.5 Å². The van der Waals surface area contributed by atoms with Gasteiger partial charge in [0.15, 0.2) is 0 Å². The van der Waals surface area contributed by atoms with Gasteiger partial charge in [-0.2, -0.15) is 0 Å². The van der Waals surface area contributed by atoms with Gasteiger partial charge in [-0.3, -0.25) is 13.9 Å². The van der Waals surface area contributed by atoms with E-state index in [1.807, 2.05) is 12.2 Å². The van der Waals surface area contributed by atoms with E-state index < -0.39 is 0 Å². The molecule has 1 aromatic rings. The Bertz CT molecular complexity index is 628. The van der Waals surface area contributed by atoms with Crippen LogP contribution in [0.15, 0.2) is 33.9 Å². The summed E-state index contributed by atoms with van der Waals surface area (Å²) in [5, 5.41) is 0. The Morgan fingerprint density at radius 2 is 1.50 bits per heavy atom. The molecule has 0 atom stereocenters. The molecule has 16 heavy (non-hydrogen) atoms. The normalized spacial score (nSPS) is 19.4. The highest BCUT2D eigenvalue weighted by molar-refractivity contribution is 5.64. The third kappa shape index (κ3) is 1.48.